The van der Waals surface area contributed by atoms with Crippen LogP contribution >= 0.6 is 0 Å². The Labute approximate surface area is 166 Å². The van der Waals surface area contributed by atoms with Gasteiger partial charge in [0.1, 0.15) is 5.56 Å². The van der Waals surface area contributed by atoms with E-state index in [4.69, 9.17) is 14.2 Å². The van der Waals surface area contributed by atoms with Crippen molar-refractivity contribution in [2.45, 2.75) is 6.92 Å². The zero-order valence-electron chi connectivity index (χ0n) is 16.1. The van der Waals surface area contributed by atoms with Gasteiger partial charge in [-0.3, -0.25) is 19.0 Å². The molecule has 8 heteroatoms. The molecule has 0 radical (unpaired) electrons. The fraction of sp³-hybridized carbons (Fsp3) is 0.381. The van der Waals surface area contributed by atoms with Crippen molar-refractivity contribution in [3.05, 3.63) is 51.9 Å². The van der Waals surface area contributed by atoms with E-state index in [0.717, 1.165) is 0 Å². The summed E-state index contributed by atoms with van der Waals surface area (Å²) >= 11 is 0. The number of carbonyl (C=O) groups is 2. The predicted octanol–water partition coefficient (Wildman–Crippen LogP) is 1.37. The smallest absolute Gasteiger partial charge is 0.309 e. The highest BCUT2D eigenvalue weighted by atomic mass is 16.7. The van der Waals surface area contributed by atoms with E-state index in [1.807, 2.05) is 0 Å². The molecule has 8 nitrogen and oxygen atoms in total. The van der Waals surface area contributed by atoms with Crippen molar-refractivity contribution in [2.24, 2.45) is 17.8 Å². The van der Waals surface area contributed by atoms with Crippen molar-refractivity contribution in [1.82, 2.24) is 9.47 Å². The van der Waals surface area contributed by atoms with Crippen LogP contribution in [-0.4, -0.2) is 48.3 Å². The molecular formula is C21H20N2O6. The van der Waals surface area contributed by atoms with E-state index in [2.05, 4.69) is 0 Å². The lowest BCUT2D eigenvalue weighted by molar-refractivity contribution is -0.143. The normalized spacial score (nSPS) is 23.7. The summed E-state index contributed by atoms with van der Waals surface area (Å²) in [7, 11) is 1.38. The molecule has 3 aliphatic rings. The number of methoxy groups -OCH3 is 1. The summed E-state index contributed by atoms with van der Waals surface area (Å²) in [5.74, 6) is 0.828. The summed E-state index contributed by atoms with van der Waals surface area (Å²) in [4.78, 5) is 39.7. The molecule has 1 saturated heterocycles. The maximum atomic E-state index is 13.2. The summed E-state index contributed by atoms with van der Waals surface area (Å²) in [6.45, 7) is 2.85. The topological polar surface area (TPSA) is 87.1 Å². The summed E-state index contributed by atoms with van der Waals surface area (Å²) < 4.78 is 17.0. The standard InChI is InChI=1S/C21H20N2O6/c1-11-5-6-23(12-3-4-15-16(7-12)29-10-28-15)20(25)17(11)19(24)22-8-13-14(9-22)18(13)21(26)27-2/h3-7,13-14,18H,8-10H2,1-2H3/t13-,14+,18?. The van der Waals surface area contributed by atoms with Gasteiger partial charge in [0.15, 0.2) is 11.5 Å². The molecule has 1 unspecified atom stereocenters. The molecule has 2 aliphatic heterocycles. The molecule has 1 amide bonds. The average molecular weight is 396 g/mol. The van der Waals surface area contributed by atoms with Crippen LogP contribution in [0.2, 0.25) is 0 Å². The van der Waals surface area contributed by atoms with E-state index in [0.29, 0.717) is 35.8 Å². The molecule has 0 spiro atoms. The van der Waals surface area contributed by atoms with Crippen LogP contribution in [0.1, 0.15) is 15.9 Å². The summed E-state index contributed by atoms with van der Waals surface area (Å²) in [5.41, 5.74) is 1.01. The number of benzene rings is 1. The third kappa shape index (κ3) is 2.70. The summed E-state index contributed by atoms with van der Waals surface area (Å²) in [5, 5.41) is 0. The number of aryl methyl sites for hydroxylation is 1. The monoisotopic (exact) mass is 396 g/mol. The quantitative estimate of drug-likeness (QED) is 0.729. The highest BCUT2D eigenvalue weighted by molar-refractivity contribution is 5.96. The van der Waals surface area contributed by atoms with Crippen LogP contribution in [0.3, 0.4) is 0 Å². The van der Waals surface area contributed by atoms with Crippen molar-refractivity contribution in [3.8, 4) is 17.2 Å². The second-order valence-electron chi connectivity index (χ2n) is 7.67. The predicted molar refractivity (Wildman–Crippen MR) is 101 cm³/mol. The number of piperidine rings is 1. The molecule has 1 aromatic heterocycles. The minimum Gasteiger partial charge on any atom is -0.469 e. The molecule has 0 N–H and O–H groups in total. The Bertz CT molecular complexity index is 1080. The van der Waals surface area contributed by atoms with Gasteiger partial charge in [-0.15, -0.1) is 0 Å². The fourth-order valence-electron chi connectivity index (χ4n) is 4.46. The number of hydrogen-bond acceptors (Lipinski definition) is 6. The Hall–Kier alpha value is -3.29. The Kier molecular flexibility index (Phi) is 3.90. The van der Waals surface area contributed by atoms with Crippen LogP contribution < -0.4 is 15.0 Å². The van der Waals surface area contributed by atoms with Gasteiger partial charge in [0, 0.05) is 25.4 Å². The molecule has 1 saturated carbocycles. The van der Waals surface area contributed by atoms with Gasteiger partial charge >= 0.3 is 5.97 Å². The summed E-state index contributed by atoms with van der Waals surface area (Å²) in [6.07, 6.45) is 1.65. The average Bonchev–Trinajstić information content (AvgIpc) is 3.07. The first-order valence-electron chi connectivity index (χ1n) is 9.49. The number of likely N-dealkylation sites (tertiary alicyclic amines) is 1. The number of pyridine rings is 1. The van der Waals surface area contributed by atoms with Gasteiger partial charge in [-0.2, -0.15) is 0 Å². The number of nitrogens with zero attached hydrogens (tertiary/aromatic N) is 2. The van der Waals surface area contributed by atoms with Gasteiger partial charge in [0.25, 0.3) is 11.5 Å². The highest BCUT2D eigenvalue weighted by Crippen LogP contribution is 2.52. The van der Waals surface area contributed by atoms with E-state index >= 15 is 0 Å². The van der Waals surface area contributed by atoms with Gasteiger partial charge in [-0.05, 0) is 42.5 Å². The van der Waals surface area contributed by atoms with Crippen LogP contribution in [-0.2, 0) is 9.53 Å². The van der Waals surface area contributed by atoms with Crippen LogP contribution in [0.4, 0.5) is 0 Å². The van der Waals surface area contributed by atoms with Crippen molar-refractivity contribution in [2.75, 3.05) is 27.0 Å². The van der Waals surface area contributed by atoms with Crippen molar-refractivity contribution >= 4 is 11.9 Å². The van der Waals surface area contributed by atoms with Crippen LogP contribution in [0.25, 0.3) is 5.69 Å². The molecule has 2 aromatic rings. The zero-order valence-corrected chi connectivity index (χ0v) is 16.1. The number of hydrogen-bond donors (Lipinski definition) is 0. The molecule has 1 aromatic carbocycles. The zero-order chi connectivity index (χ0) is 20.3. The lowest BCUT2D eigenvalue weighted by atomic mass is 10.1. The van der Waals surface area contributed by atoms with Crippen molar-refractivity contribution < 1.29 is 23.8 Å². The second-order valence-corrected chi connectivity index (χ2v) is 7.67. The largest absolute Gasteiger partial charge is 0.469 e. The van der Waals surface area contributed by atoms with E-state index < -0.39 is 0 Å². The van der Waals surface area contributed by atoms with Gasteiger partial charge in [-0.1, -0.05) is 0 Å². The number of fused-ring (bicyclic) bond motifs is 2. The minimum absolute atomic E-state index is 0.119. The third-order valence-corrected chi connectivity index (χ3v) is 6.10. The highest BCUT2D eigenvalue weighted by Gasteiger charge is 2.61. The number of aromatic nitrogens is 1. The van der Waals surface area contributed by atoms with E-state index in [-0.39, 0.29) is 47.5 Å². The molecule has 5 rings (SSSR count). The van der Waals surface area contributed by atoms with Gasteiger partial charge < -0.3 is 19.1 Å². The number of esters is 1. The molecule has 3 heterocycles. The van der Waals surface area contributed by atoms with E-state index in [1.165, 1.54) is 11.7 Å². The maximum Gasteiger partial charge on any atom is 0.309 e. The minimum atomic E-state index is -0.376. The number of rotatable bonds is 3. The Morgan fingerprint density at radius 3 is 2.55 bits per heavy atom. The van der Waals surface area contributed by atoms with Gasteiger partial charge in [-0.25, -0.2) is 0 Å². The first kappa shape index (κ1) is 17.8. The Balaban J connectivity index is 1.43. The number of carbonyl (C=O) groups excluding carboxylic acids is 2. The maximum absolute atomic E-state index is 13.2. The fourth-order valence-corrected chi connectivity index (χ4v) is 4.46. The van der Waals surface area contributed by atoms with Gasteiger partial charge in [0.05, 0.1) is 18.7 Å². The van der Waals surface area contributed by atoms with Gasteiger partial charge in [0.2, 0.25) is 6.79 Å². The molecule has 1 aliphatic carbocycles. The number of amides is 1. The van der Waals surface area contributed by atoms with Crippen molar-refractivity contribution in [1.29, 1.82) is 0 Å². The third-order valence-electron chi connectivity index (χ3n) is 6.10. The SMILES string of the molecule is COC(=O)C1[C@H]2CN(C(=O)c3c(C)ccn(-c4ccc5c(c4)OCO5)c3=O)C[C@@H]12. The Morgan fingerprint density at radius 1 is 1.10 bits per heavy atom. The molecule has 2 fully saturated rings. The number of ether oxygens (including phenoxy) is 3. The second kappa shape index (κ2) is 6.37. The summed E-state index contributed by atoms with van der Waals surface area (Å²) in [6, 6.07) is 6.98. The molecule has 3 atom stereocenters. The van der Waals surface area contributed by atoms with E-state index in [1.54, 1.807) is 42.3 Å². The molecular weight excluding hydrogens is 376 g/mol. The first-order valence-corrected chi connectivity index (χ1v) is 9.49. The molecule has 150 valence electrons. The lowest BCUT2D eigenvalue weighted by Crippen LogP contribution is -2.38. The lowest BCUT2D eigenvalue weighted by Gasteiger charge is -2.20. The molecule has 0 bridgehead atoms. The first-order chi connectivity index (χ1) is 14.0. The van der Waals surface area contributed by atoms with Crippen molar-refractivity contribution in [3.63, 3.8) is 0 Å². The van der Waals surface area contributed by atoms with Crippen LogP contribution in [0.15, 0.2) is 35.3 Å². The molecule has 29 heavy (non-hydrogen) atoms. The van der Waals surface area contributed by atoms with E-state index in [9.17, 15) is 14.4 Å². The van der Waals surface area contributed by atoms with Crippen LogP contribution in [0.5, 0.6) is 11.5 Å². The Morgan fingerprint density at radius 2 is 1.83 bits per heavy atom. The van der Waals surface area contributed by atoms with Crippen LogP contribution in [0, 0.1) is 24.7 Å².